The van der Waals surface area contributed by atoms with Gasteiger partial charge in [0, 0.05) is 24.7 Å². The molecule has 36 heavy (non-hydrogen) atoms. The molecule has 8 nitrogen and oxygen atoms in total. The number of methoxy groups -OCH3 is 2. The predicted molar refractivity (Wildman–Crippen MR) is 133 cm³/mol. The van der Waals surface area contributed by atoms with Gasteiger partial charge in [-0.15, -0.1) is 0 Å². The van der Waals surface area contributed by atoms with Crippen molar-refractivity contribution in [3.63, 3.8) is 0 Å². The van der Waals surface area contributed by atoms with Crippen molar-refractivity contribution in [2.24, 2.45) is 0 Å². The highest BCUT2D eigenvalue weighted by atomic mass is 16.7. The third kappa shape index (κ3) is 7.47. The van der Waals surface area contributed by atoms with Gasteiger partial charge in [0.2, 0.25) is 0 Å². The number of carbonyl (C=O) groups excluding carboxylic acids is 1. The van der Waals surface area contributed by atoms with E-state index in [0.717, 1.165) is 11.1 Å². The predicted octanol–water partition coefficient (Wildman–Crippen LogP) is 4.72. The molecule has 0 unspecified atom stereocenters. The number of ether oxygens (including phenoxy) is 6. The molecule has 188 valence electrons. The van der Waals surface area contributed by atoms with Gasteiger partial charge in [0.1, 0.15) is 29.1 Å². The molecule has 0 atom stereocenters. The van der Waals surface area contributed by atoms with Gasteiger partial charge in [0.25, 0.3) is 0 Å². The second-order valence-electron chi connectivity index (χ2n) is 7.74. The number of carbonyl (C=O) groups is 1. The molecule has 0 fully saturated rings. The lowest BCUT2D eigenvalue weighted by atomic mass is 10.0. The molecule has 0 heterocycles. The molecule has 0 spiro atoms. The van der Waals surface area contributed by atoms with Crippen LogP contribution in [0.15, 0.2) is 60.7 Å². The van der Waals surface area contributed by atoms with Gasteiger partial charge >= 0.3 is 5.97 Å². The molecule has 3 rings (SSSR count). The standard InChI is InChI=1S/C28H29NO7/c1-20-15-27(32-3)23(18-26(20)35-19-33-14-13-31-2)16-22-17-24(9-10-25(22)34-12-11-29)36-28(30)21-7-5-4-6-8-21/h4-10,15,17-18H,12-14,16,19H2,1-3H3. The molecule has 0 aliphatic heterocycles. The molecule has 0 amide bonds. The highest BCUT2D eigenvalue weighted by Gasteiger charge is 2.16. The highest BCUT2D eigenvalue weighted by molar-refractivity contribution is 5.91. The van der Waals surface area contributed by atoms with Crippen molar-refractivity contribution in [3.05, 3.63) is 82.9 Å². The van der Waals surface area contributed by atoms with Crippen LogP contribution in [0.1, 0.15) is 27.0 Å². The Morgan fingerprint density at radius 2 is 1.67 bits per heavy atom. The first-order valence-corrected chi connectivity index (χ1v) is 11.3. The van der Waals surface area contributed by atoms with Crippen LogP contribution in [0, 0.1) is 18.3 Å². The monoisotopic (exact) mass is 491 g/mol. The maximum Gasteiger partial charge on any atom is 0.343 e. The number of benzene rings is 3. The lowest BCUT2D eigenvalue weighted by Crippen LogP contribution is -2.09. The normalized spacial score (nSPS) is 10.4. The van der Waals surface area contributed by atoms with E-state index in [2.05, 4.69) is 0 Å². The SMILES string of the molecule is COCCOCOc1cc(Cc2cc(OC(=O)c3ccccc3)ccc2OCC#N)c(OC)cc1C. The van der Waals surface area contributed by atoms with Crippen molar-refractivity contribution in [1.29, 1.82) is 5.26 Å². The number of aryl methyl sites for hydroxylation is 1. The van der Waals surface area contributed by atoms with Gasteiger partial charge in [-0.3, -0.25) is 0 Å². The van der Waals surface area contributed by atoms with Gasteiger partial charge in [0.05, 0.1) is 25.9 Å². The molecule has 0 aliphatic rings. The van der Waals surface area contributed by atoms with E-state index in [0.29, 0.717) is 53.8 Å². The second kappa shape index (κ2) is 13.7. The summed E-state index contributed by atoms with van der Waals surface area (Å²) in [6.07, 6.45) is 0.377. The van der Waals surface area contributed by atoms with E-state index in [1.54, 1.807) is 56.7 Å². The summed E-state index contributed by atoms with van der Waals surface area (Å²) < 4.78 is 33.0. The Labute approximate surface area is 210 Å². The van der Waals surface area contributed by atoms with E-state index in [4.69, 9.17) is 33.7 Å². The first-order chi connectivity index (χ1) is 17.5. The maximum atomic E-state index is 12.5. The van der Waals surface area contributed by atoms with Crippen LogP contribution in [0.2, 0.25) is 0 Å². The largest absolute Gasteiger partial charge is 0.496 e. The zero-order valence-corrected chi connectivity index (χ0v) is 20.6. The third-order valence-corrected chi connectivity index (χ3v) is 5.23. The van der Waals surface area contributed by atoms with Crippen LogP contribution in [0.25, 0.3) is 0 Å². The number of rotatable bonds is 13. The summed E-state index contributed by atoms with van der Waals surface area (Å²) in [4.78, 5) is 12.5. The minimum atomic E-state index is -0.468. The average molecular weight is 492 g/mol. The van der Waals surface area contributed by atoms with E-state index >= 15 is 0 Å². The minimum Gasteiger partial charge on any atom is -0.496 e. The first kappa shape index (κ1) is 26.5. The topological polar surface area (TPSA) is 96.2 Å². The number of esters is 1. The van der Waals surface area contributed by atoms with Crippen LogP contribution in [-0.2, 0) is 15.9 Å². The Balaban J connectivity index is 1.86. The van der Waals surface area contributed by atoms with Crippen LogP contribution < -0.4 is 18.9 Å². The Morgan fingerprint density at radius 3 is 2.39 bits per heavy atom. The summed E-state index contributed by atoms with van der Waals surface area (Å²) in [6.45, 7) is 2.78. The fourth-order valence-electron chi connectivity index (χ4n) is 3.45. The lowest BCUT2D eigenvalue weighted by Gasteiger charge is -2.17. The van der Waals surface area contributed by atoms with Crippen LogP contribution in [0.4, 0.5) is 0 Å². The van der Waals surface area contributed by atoms with Crippen LogP contribution >= 0.6 is 0 Å². The maximum absolute atomic E-state index is 12.5. The van der Waals surface area contributed by atoms with Gasteiger partial charge in [-0.05, 0) is 55.0 Å². The summed E-state index contributed by atoms with van der Waals surface area (Å²) in [7, 11) is 3.20. The Kier molecular flexibility index (Phi) is 10.1. The van der Waals surface area contributed by atoms with Crippen LogP contribution in [-0.4, -0.2) is 46.8 Å². The molecule has 0 aliphatic carbocycles. The summed E-state index contributed by atoms with van der Waals surface area (Å²) in [5, 5.41) is 8.99. The van der Waals surface area contributed by atoms with Gasteiger partial charge in [0.15, 0.2) is 13.4 Å². The molecule has 0 radical (unpaired) electrons. The van der Waals surface area contributed by atoms with Gasteiger partial charge in [-0.25, -0.2) is 4.79 Å². The van der Waals surface area contributed by atoms with Crippen molar-refractivity contribution in [3.8, 4) is 29.1 Å². The summed E-state index contributed by atoms with van der Waals surface area (Å²) in [6, 6.07) is 19.5. The smallest absolute Gasteiger partial charge is 0.343 e. The second-order valence-corrected chi connectivity index (χ2v) is 7.74. The first-order valence-electron chi connectivity index (χ1n) is 11.3. The van der Waals surface area contributed by atoms with Crippen molar-refractivity contribution in [1.82, 2.24) is 0 Å². The van der Waals surface area contributed by atoms with Crippen molar-refractivity contribution in [2.75, 3.05) is 40.8 Å². The number of nitrogens with zero attached hydrogens (tertiary/aromatic N) is 1. The molecule has 3 aromatic rings. The zero-order valence-electron chi connectivity index (χ0n) is 20.6. The molecule has 0 N–H and O–H groups in total. The number of hydrogen-bond acceptors (Lipinski definition) is 8. The number of nitriles is 1. The molecule has 3 aromatic carbocycles. The van der Waals surface area contributed by atoms with Crippen molar-refractivity contribution >= 4 is 5.97 Å². The molecule has 0 saturated carbocycles. The van der Waals surface area contributed by atoms with Crippen LogP contribution in [0.5, 0.6) is 23.0 Å². The highest BCUT2D eigenvalue weighted by Crippen LogP contribution is 2.34. The zero-order chi connectivity index (χ0) is 25.8. The lowest BCUT2D eigenvalue weighted by molar-refractivity contribution is -0.00880. The fourth-order valence-corrected chi connectivity index (χ4v) is 3.45. The van der Waals surface area contributed by atoms with Crippen LogP contribution in [0.3, 0.4) is 0 Å². The van der Waals surface area contributed by atoms with E-state index in [9.17, 15) is 4.79 Å². The third-order valence-electron chi connectivity index (χ3n) is 5.23. The molecule has 0 aromatic heterocycles. The molecule has 8 heteroatoms. The van der Waals surface area contributed by atoms with Gasteiger partial charge < -0.3 is 28.4 Å². The summed E-state index contributed by atoms with van der Waals surface area (Å²) in [5.74, 6) is 1.71. The summed E-state index contributed by atoms with van der Waals surface area (Å²) >= 11 is 0. The molecule has 0 saturated heterocycles. The Hall–Kier alpha value is -4.06. The molecule has 0 bridgehead atoms. The summed E-state index contributed by atoms with van der Waals surface area (Å²) in [5.41, 5.74) is 2.87. The van der Waals surface area contributed by atoms with Gasteiger partial charge in [-0.1, -0.05) is 18.2 Å². The number of hydrogen-bond donors (Lipinski definition) is 0. The van der Waals surface area contributed by atoms with E-state index in [1.165, 1.54) is 0 Å². The molecular formula is C28H29NO7. The van der Waals surface area contributed by atoms with Gasteiger partial charge in [-0.2, -0.15) is 5.26 Å². The Bertz CT molecular complexity index is 1190. The fraction of sp³-hybridized carbons (Fsp3) is 0.286. The quantitative estimate of drug-likeness (QED) is 0.147. The van der Waals surface area contributed by atoms with E-state index < -0.39 is 5.97 Å². The molecular weight excluding hydrogens is 462 g/mol. The average Bonchev–Trinajstić information content (AvgIpc) is 2.90. The Morgan fingerprint density at radius 1 is 0.889 bits per heavy atom. The van der Waals surface area contributed by atoms with E-state index in [1.807, 2.05) is 31.2 Å². The van der Waals surface area contributed by atoms with Crippen molar-refractivity contribution < 1.29 is 33.2 Å². The van der Waals surface area contributed by atoms with E-state index in [-0.39, 0.29) is 13.4 Å². The van der Waals surface area contributed by atoms with Crippen molar-refractivity contribution in [2.45, 2.75) is 13.3 Å². The minimum absolute atomic E-state index is 0.0808.